The molecule has 3 heterocycles. The summed E-state index contributed by atoms with van der Waals surface area (Å²) in [5, 5.41) is 21.0. The summed E-state index contributed by atoms with van der Waals surface area (Å²) < 4.78 is 4.10. The zero-order valence-corrected chi connectivity index (χ0v) is 13.3. The molecule has 24 heavy (non-hydrogen) atoms. The predicted octanol–water partition coefficient (Wildman–Crippen LogP) is 1.15. The van der Waals surface area contributed by atoms with Gasteiger partial charge in [-0.15, -0.1) is 15.3 Å². The highest BCUT2D eigenvalue weighted by Crippen LogP contribution is 2.39. The van der Waals surface area contributed by atoms with E-state index in [4.69, 9.17) is 0 Å². The molecule has 8 nitrogen and oxygen atoms in total. The molecular weight excluding hydrogens is 304 g/mol. The van der Waals surface area contributed by atoms with Crippen LogP contribution in [0.4, 0.5) is 0 Å². The molecule has 5 rings (SSSR count). The largest absolute Gasteiger partial charge is 0.312 e. The summed E-state index contributed by atoms with van der Waals surface area (Å²) in [6, 6.07) is 9.98. The molecule has 0 unspecified atom stereocenters. The number of hydrogen-bond acceptors (Lipinski definition) is 6. The fourth-order valence-corrected chi connectivity index (χ4v) is 3.28. The summed E-state index contributed by atoms with van der Waals surface area (Å²) >= 11 is 0. The van der Waals surface area contributed by atoms with E-state index in [1.54, 1.807) is 4.68 Å². The molecule has 3 aromatic rings. The van der Waals surface area contributed by atoms with Gasteiger partial charge >= 0.3 is 0 Å². The topological polar surface area (TPSA) is 77.5 Å². The summed E-state index contributed by atoms with van der Waals surface area (Å²) in [5.74, 6) is 3.72. The Morgan fingerprint density at radius 2 is 1.88 bits per heavy atom. The number of rotatable bonds is 4. The molecule has 122 valence electrons. The highest BCUT2D eigenvalue weighted by Gasteiger charge is 2.32. The van der Waals surface area contributed by atoms with E-state index in [0.29, 0.717) is 12.5 Å². The van der Waals surface area contributed by atoms with Crippen molar-refractivity contribution in [3.05, 3.63) is 47.8 Å². The second kappa shape index (κ2) is 5.48. The lowest BCUT2D eigenvalue weighted by atomic mass is 10.3. The molecule has 0 radical (unpaired) electrons. The van der Waals surface area contributed by atoms with E-state index >= 15 is 0 Å². The number of hydrogen-bond donors (Lipinski definition) is 0. The van der Waals surface area contributed by atoms with Crippen LogP contribution in [0, 0.1) is 0 Å². The zero-order chi connectivity index (χ0) is 15.9. The van der Waals surface area contributed by atoms with Crippen molar-refractivity contribution in [3.8, 4) is 5.69 Å². The molecule has 2 aromatic heterocycles. The monoisotopic (exact) mass is 322 g/mol. The van der Waals surface area contributed by atoms with Crippen molar-refractivity contribution in [2.24, 2.45) is 0 Å². The third-order valence-electron chi connectivity index (χ3n) is 4.70. The van der Waals surface area contributed by atoms with Crippen molar-refractivity contribution in [1.82, 2.24) is 39.9 Å². The Morgan fingerprint density at radius 3 is 2.71 bits per heavy atom. The summed E-state index contributed by atoms with van der Waals surface area (Å²) in [6.45, 7) is 3.41. The van der Waals surface area contributed by atoms with E-state index in [0.717, 1.165) is 37.0 Å². The van der Waals surface area contributed by atoms with E-state index in [1.165, 1.54) is 18.7 Å². The lowest BCUT2D eigenvalue weighted by Crippen LogP contribution is -2.34. The first-order valence-corrected chi connectivity index (χ1v) is 8.35. The molecule has 0 N–H and O–H groups in total. The molecule has 0 atom stereocenters. The van der Waals surface area contributed by atoms with Crippen molar-refractivity contribution < 1.29 is 0 Å². The minimum Gasteiger partial charge on any atom is -0.312 e. The molecule has 0 saturated heterocycles. The van der Waals surface area contributed by atoms with Crippen LogP contribution in [0.1, 0.15) is 36.2 Å². The van der Waals surface area contributed by atoms with Gasteiger partial charge in [0.25, 0.3) is 0 Å². The smallest absolute Gasteiger partial charge is 0.170 e. The van der Waals surface area contributed by atoms with Gasteiger partial charge in [0.1, 0.15) is 11.6 Å². The Bertz CT molecular complexity index is 848. The molecule has 1 aliphatic carbocycles. The maximum Gasteiger partial charge on any atom is 0.170 e. The van der Waals surface area contributed by atoms with Crippen LogP contribution in [0.5, 0.6) is 0 Å². The van der Waals surface area contributed by atoms with Gasteiger partial charge < -0.3 is 4.57 Å². The quantitative estimate of drug-likeness (QED) is 0.717. The third-order valence-corrected chi connectivity index (χ3v) is 4.70. The number of tetrazole rings is 1. The second-order valence-corrected chi connectivity index (χ2v) is 6.45. The van der Waals surface area contributed by atoms with E-state index in [1.807, 2.05) is 30.3 Å². The van der Waals surface area contributed by atoms with Crippen LogP contribution in [-0.2, 0) is 19.6 Å². The van der Waals surface area contributed by atoms with Crippen molar-refractivity contribution in [2.45, 2.75) is 38.4 Å². The maximum atomic E-state index is 4.40. The molecule has 1 aromatic carbocycles. The van der Waals surface area contributed by atoms with Gasteiger partial charge in [-0.25, -0.2) is 0 Å². The Hall–Kier alpha value is -2.61. The summed E-state index contributed by atoms with van der Waals surface area (Å²) in [6.07, 6.45) is 2.52. The van der Waals surface area contributed by atoms with E-state index in [2.05, 4.69) is 35.2 Å². The number of benzene rings is 1. The third kappa shape index (κ3) is 2.39. The summed E-state index contributed by atoms with van der Waals surface area (Å²) in [7, 11) is 0. The Morgan fingerprint density at radius 1 is 1.00 bits per heavy atom. The van der Waals surface area contributed by atoms with Gasteiger partial charge in [-0.05, 0) is 35.4 Å². The molecule has 0 amide bonds. The first-order chi connectivity index (χ1) is 11.9. The van der Waals surface area contributed by atoms with E-state index < -0.39 is 0 Å². The molecule has 1 aliphatic heterocycles. The minimum atomic E-state index is 0.642. The molecule has 1 fully saturated rings. The Balaban J connectivity index is 1.35. The minimum absolute atomic E-state index is 0.642. The van der Waals surface area contributed by atoms with Gasteiger partial charge in [0.05, 0.1) is 18.8 Å². The van der Waals surface area contributed by atoms with Crippen LogP contribution in [0.3, 0.4) is 0 Å². The fraction of sp³-hybridized carbons (Fsp3) is 0.438. The van der Waals surface area contributed by atoms with Crippen molar-refractivity contribution in [2.75, 3.05) is 6.54 Å². The average Bonchev–Trinajstić information content (AvgIpc) is 3.21. The number of aromatic nitrogens is 7. The van der Waals surface area contributed by atoms with Gasteiger partial charge in [-0.3, -0.25) is 4.90 Å². The van der Waals surface area contributed by atoms with Crippen LogP contribution in [0.25, 0.3) is 5.69 Å². The standard InChI is InChI=1S/C16H18N8/c1-2-4-13(5-3-1)24-15(18-20-21-24)11-22-8-9-23-14(10-22)17-19-16(23)12-6-7-12/h1-5,12H,6-11H2. The predicted molar refractivity (Wildman–Crippen MR) is 85.3 cm³/mol. The van der Waals surface area contributed by atoms with Gasteiger partial charge in [-0.1, -0.05) is 18.2 Å². The van der Waals surface area contributed by atoms with Crippen LogP contribution in [0.15, 0.2) is 30.3 Å². The maximum absolute atomic E-state index is 4.40. The lowest BCUT2D eigenvalue weighted by molar-refractivity contribution is 0.201. The first-order valence-electron chi connectivity index (χ1n) is 8.35. The summed E-state index contributed by atoms with van der Waals surface area (Å²) in [5.41, 5.74) is 0.980. The number of fused-ring (bicyclic) bond motifs is 1. The van der Waals surface area contributed by atoms with Gasteiger partial charge in [0, 0.05) is 19.0 Å². The average molecular weight is 322 g/mol. The molecule has 8 heteroatoms. The SMILES string of the molecule is c1ccc(-n2nnnc2CN2CCn3c(nnc3C3CC3)C2)cc1. The molecule has 1 saturated carbocycles. The van der Waals surface area contributed by atoms with Crippen molar-refractivity contribution in [3.63, 3.8) is 0 Å². The highest BCUT2D eigenvalue weighted by atomic mass is 15.5. The number of para-hydroxylation sites is 1. The Labute approximate surface area is 139 Å². The van der Waals surface area contributed by atoms with E-state index in [9.17, 15) is 0 Å². The van der Waals surface area contributed by atoms with Gasteiger partial charge in [-0.2, -0.15) is 4.68 Å². The number of nitrogens with zero attached hydrogens (tertiary/aromatic N) is 8. The van der Waals surface area contributed by atoms with Crippen molar-refractivity contribution in [1.29, 1.82) is 0 Å². The van der Waals surface area contributed by atoms with Crippen LogP contribution < -0.4 is 0 Å². The first kappa shape index (κ1) is 13.8. The summed E-state index contributed by atoms with van der Waals surface area (Å²) in [4.78, 5) is 2.33. The molecule has 0 spiro atoms. The van der Waals surface area contributed by atoms with E-state index in [-0.39, 0.29) is 0 Å². The van der Waals surface area contributed by atoms with Crippen LogP contribution >= 0.6 is 0 Å². The van der Waals surface area contributed by atoms with Gasteiger partial charge in [0.15, 0.2) is 5.82 Å². The zero-order valence-electron chi connectivity index (χ0n) is 13.3. The lowest BCUT2D eigenvalue weighted by Gasteiger charge is -2.27. The molecule has 2 aliphatic rings. The molecular formula is C16H18N8. The second-order valence-electron chi connectivity index (χ2n) is 6.45. The van der Waals surface area contributed by atoms with Gasteiger partial charge in [0.2, 0.25) is 0 Å². The van der Waals surface area contributed by atoms with Crippen LogP contribution in [-0.4, -0.2) is 46.4 Å². The van der Waals surface area contributed by atoms with Crippen LogP contribution in [0.2, 0.25) is 0 Å². The Kier molecular flexibility index (Phi) is 3.15. The highest BCUT2D eigenvalue weighted by molar-refractivity contribution is 5.30. The fourth-order valence-electron chi connectivity index (χ4n) is 3.28. The van der Waals surface area contributed by atoms with Crippen molar-refractivity contribution >= 4 is 0 Å². The molecule has 0 bridgehead atoms. The normalized spacial score (nSPS) is 17.8.